The van der Waals surface area contributed by atoms with Gasteiger partial charge in [0.05, 0.1) is 12.7 Å². The molecule has 1 fully saturated rings. The van der Waals surface area contributed by atoms with Crippen LogP contribution in [0.4, 0.5) is 0 Å². The highest BCUT2D eigenvalue weighted by molar-refractivity contribution is 7.53. The van der Waals surface area contributed by atoms with Crippen LogP contribution >= 0.6 is 7.60 Å². The van der Waals surface area contributed by atoms with Gasteiger partial charge in [-0.05, 0) is 12.0 Å². The lowest BCUT2D eigenvalue weighted by Crippen LogP contribution is -2.16. The molecule has 2 rings (SSSR count). The Hall–Kier alpha value is -0.670. The third-order valence-corrected chi connectivity index (χ3v) is 4.38. The summed E-state index contributed by atoms with van der Waals surface area (Å²) in [6.45, 7) is 3.03. The summed E-state index contributed by atoms with van der Waals surface area (Å²) >= 11 is 0. The van der Waals surface area contributed by atoms with Gasteiger partial charge in [0.15, 0.2) is 0 Å². The zero-order chi connectivity index (χ0) is 12.8. The van der Waals surface area contributed by atoms with E-state index in [9.17, 15) is 4.57 Å². The molecule has 100 valence electrons. The van der Waals surface area contributed by atoms with Gasteiger partial charge in [-0.2, -0.15) is 0 Å². The van der Waals surface area contributed by atoms with E-state index in [1.54, 1.807) is 0 Å². The number of ether oxygens (including phenoxy) is 1. The SMILES string of the molecule is CCCOCP1(=O)OCCC(c2ccccc2)O1. The molecule has 1 aliphatic rings. The molecule has 0 aliphatic carbocycles. The van der Waals surface area contributed by atoms with E-state index in [2.05, 4.69) is 0 Å². The third-order valence-electron chi connectivity index (χ3n) is 2.73. The summed E-state index contributed by atoms with van der Waals surface area (Å²) < 4.78 is 28.5. The Balaban J connectivity index is 1.98. The van der Waals surface area contributed by atoms with Gasteiger partial charge in [0.1, 0.15) is 6.35 Å². The van der Waals surface area contributed by atoms with E-state index in [-0.39, 0.29) is 12.5 Å². The highest BCUT2D eigenvalue weighted by Crippen LogP contribution is 2.55. The molecule has 0 amide bonds. The largest absolute Gasteiger partial charge is 0.369 e. The molecular weight excluding hydrogens is 251 g/mol. The van der Waals surface area contributed by atoms with Crippen LogP contribution in [0.1, 0.15) is 31.4 Å². The Bertz CT molecular complexity index is 407. The second-order valence-corrected chi connectivity index (χ2v) is 6.22. The van der Waals surface area contributed by atoms with E-state index in [0.717, 1.165) is 18.4 Å². The number of hydrogen-bond donors (Lipinski definition) is 0. The van der Waals surface area contributed by atoms with Gasteiger partial charge in [0.2, 0.25) is 0 Å². The lowest BCUT2D eigenvalue weighted by molar-refractivity contribution is 0.0575. The highest BCUT2D eigenvalue weighted by Gasteiger charge is 2.34. The first-order valence-corrected chi connectivity index (χ1v) is 8.01. The van der Waals surface area contributed by atoms with Gasteiger partial charge in [-0.3, -0.25) is 9.09 Å². The first-order chi connectivity index (χ1) is 8.73. The summed E-state index contributed by atoms with van der Waals surface area (Å²) in [6, 6.07) is 9.81. The molecule has 2 atom stereocenters. The molecule has 0 aromatic heterocycles. The molecule has 5 heteroatoms. The van der Waals surface area contributed by atoms with Crippen molar-refractivity contribution in [1.29, 1.82) is 0 Å². The normalized spacial score (nSPS) is 28.2. The topological polar surface area (TPSA) is 44.8 Å². The molecule has 0 spiro atoms. The highest BCUT2D eigenvalue weighted by atomic mass is 31.2. The Kier molecular flexibility index (Phi) is 4.95. The van der Waals surface area contributed by atoms with Crippen molar-refractivity contribution in [2.45, 2.75) is 25.9 Å². The van der Waals surface area contributed by atoms with Gasteiger partial charge in [-0.25, -0.2) is 0 Å². The average Bonchev–Trinajstić information content (AvgIpc) is 2.40. The fraction of sp³-hybridized carbons (Fsp3) is 0.538. The standard InChI is InChI=1S/C13H19O4P/c1-2-9-15-11-18(14)16-10-8-13(17-18)12-6-4-3-5-7-12/h3-7,13H,2,8-11H2,1H3. The van der Waals surface area contributed by atoms with Crippen LogP contribution < -0.4 is 0 Å². The minimum atomic E-state index is -3.09. The molecule has 18 heavy (non-hydrogen) atoms. The van der Waals surface area contributed by atoms with Crippen LogP contribution in [-0.2, 0) is 18.3 Å². The fourth-order valence-corrected chi connectivity index (χ4v) is 3.41. The molecule has 0 saturated carbocycles. The van der Waals surface area contributed by atoms with E-state index >= 15 is 0 Å². The van der Waals surface area contributed by atoms with Crippen molar-refractivity contribution in [3.8, 4) is 0 Å². The van der Waals surface area contributed by atoms with E-state index in [0.29, 0.717) is 13.2 Å². The summed E-state index contributed by atoms with van der Waals surface area (Å²) in [5, 5.41) is 0. The Labute approximate surface area is 108 Å². The molecule has 1 aromatic carbocycles. The third kappa shape index (κ3) is 3.66. The summed E-state index contributed by atoms with van der Waals surface area (Å²) in [7, 11) is -3.09. The Morgan fingerprint density at radius 2 is 2.17 bits per heavy atom. The first kappa shape index (κ1) is 13.8. The van der Waals surface area contributed by atoms with Crippen molar-refractivity contribution in [3.63, 3.8) is 0 Å². The van der Waals surface area contributed by atoms with Gasteiger partial charge < -0.3 is 9.26 Å². The van der Waals surface area contributed by atoms with Crippen LogP contribution in [0.3, 0.4) is 0 Å². The van der Waals surface area contributed by atoms with Crippen molar-refractivity contribution < 1.29 is 18.3 Å². The molecule has 0 bridgehead atoms. The summed E-state index contributed by atoms with van der Waals surface area (Å²) in [5.41, 5.74) is 1.04. The first-order valence-electron chi connectivity index (χ1n) is 6.28. The van der Waals surface area contributed by atoms with E-state index < -0.39 is 7.60 Å². The van der Waals surface area contributed by atoms with Crippen LogP contribution in [0, 0.1) is 0 Å². The van der Waals surface area contributed by atoms with Crippen molar-refractivity contribution in [2.24, 2.45) is 0 Å². The quantitative estimate of drug-likeness (QED) is 0.604. The van der Waals surface area contributed by atoms with E-state index in [1.807, 2.05) is 37.3 Å². The van der Waals surface area contributed by atoms with Crippen molar-refractivity contribution >= 4 is 7.60 Å². The predicted octanol–water partition coefficient (Wildman–Crippen LogP) is 3.74. The zero-order valence-corrected chi connectivity index (χ0v) is 11.5. The van der Waals surface area contributed by atoms with Crippen LogP contribution in [0.2, 0.25) is 0 Å². The van der Waals surface area contributed by atoms with E-state index in [4.69, 9.17) is 13.8 Å². The maximum atomic E-state index is 12.3. The maximum Gasteiger partial charge on any atom is 0.356 e. The molecule has 1 heterocycles. The minimum Gasteiger partial charge on any atom is -0.369 e. The number of rotatable bonds is 5. The average molecular weight is 270 g/mol. The van der Waals surface area contributed by atoms with Gasteiger partial charge >= 0.3 is 7.60 Å². The minimum absolute atomic E-state index is 0.0458. The molecule has 1 aliphatic heterocycles. The van der Waals surface area contributed by atoms with E-state index in [1.165, 1.54) is 0 Å². The molecule has 2 unspecified atom stereocenters. The maximum absolute atomic E-state index is 12.3. The van der Waals surface area contributed by atoms with Crippen LogP contribution in [-0.4, -0.2) is 19.6 Å². The van der Waals surface area contributed by atoms with Crippen molar-refractivity contribution in [3.05, 3.63) is 35.9 Å². The Morgan fingerprint density at radius 3 is 2.89 bits per heavy atom. The van der Waals surface area contributed by atoms with Gasteiger partial charge in [0, 0.05) is 13.0 Å². The molecule has 0 N–H and O–H groups in total. The summed E-state index contributed by atoms with van der Waals surface area (Å²) in [5.74, 6) is 0. The van der Waals surface area contributed by atoms with Gasteiger partial charge in [0.25, 0.3) is 0 Å². The molecule has 1 aromatic rings. The van der Waals surface area contributed by atoms with Gasteiger partial charge in [-0.15, -0.1) is 0 Å². The zero-order valence-electron chi connectivity index (χ0n) is 10.6. The molecule has 0 radical (unpaired) electrons. The summed E-state index contributed by atoms with van der Waals surface area (Å²) in [6.07, 6.45) is 1.50. The number of hydrogen-bond acceptors (Lipinski definition) is 4. The van der Waals surface area contributed by atoms with Crippen LogP contribution in [0.15, 0.2) is 30.3 Å². The smallest absolute Gasteiger partial charge is 0.356 e. The second kappa shape index (κ2) is 6.48. The van der Waals surface area contributed by atoms with Crippen molar-refractivity contribution in [1.82, 2.24) is 0 Å². The van der Waals surface area contributed by atoms with Crippen LogP contribution in [0.25, 0.3) is 0 Å². The lowest BCUT2D eigenvalue weighted by atomic mass is 10.1. The second-order valence-electron chi connectivity index (χ2n) is 4.27. The fourth-order valence-electron chi connectivity index (χ4n) is 1.86. The summed E-state index contributed by atoms with van der Waals surface area (Å²) in [4.78, 5) is 0. The van der Waals surface area contributed by atoms with Crippen molar-refractivity contribution in [2.75, 3.05) is 19.6 Å². The number of benzene rings is 1. The van der Waals surface area contributed by atoms with Gasteiger partial charge in [-0.1, -0.05) is 37.3 Å². The molecule has 4 nitrogen and oxygen atoms in total. The monoisotopic (exact) mass is 270 g/mol. The lowest BCUT2D eigenvalue weighted by Gasteiger charge is -2.29. The van der Waals surface area contributed by atoms with Crippen LogP contribution in [0.5, 0.6) is 0 Å². The molecular formula is C13H19O4P. The molecule has 1 saturated heterocycles. The Morgan fingerprint density at radius 1 is 1.39 bits per heavy atom. The predicted molar refractivity (Wildman–Crippen MR) is 69.6 cm³/mol.